The van der Waals surface area contributed by atoms with Gasteiger partial charge in [-0.1, -0.05) is 6.07 Å². The van der Waals surface area contributed by atoms with Gasteiger partial charge in [-0.05, 0) is 6.07 Å². The molecular weight excluding hydrogens is 291 g/mol. The van der Waals surface area contributed by atoms with Crippen molar-refractivity contribution >= 4 is 17.3 Å². The third kappa shape index (κ3) is 4.33. The molecule has 116 valence electrons. The third-order valence-electron chi connectivity index (χ3n) is 2.80. The first-order valence-electron chi connectivity index (χ1n) is 5.94. The second-order valence-corrected chi connectivity index (χ2v) is 4.30. The molecule has 1 aromatic rings. The van der Waals surface area contributed by atoms with Crippen molar-refractivity contribution in [3.8, 4) is 0 Å². The first kappa shape index (κ1) is 16.7. The molecule has 0 atom stereocenters. The molecule has 21 heavy (non-hydrogen) atoms. The SMILES string of the molecule is CNc1c(C(=O)N(C)CCC(F)(F)F)cccc1[N+](=O)[O-]. The Morgan fingerprint density at radius 1 is 1.43 bits per heavy atom. The number of nitro benzene ring substituents is 1. The molecule has 1 rings (SSSR count). The molecule has 6 nitrogen and oxygen atoms in total. The lowest BCUT2D eigenvalue weighted by molar-refractivity contribution is -0.384. The maximum absolute atomic E-state index is 12.2. The van der Waals surface area contributed by atoms with Gasteiger partial charge in [0.15, 0.2) is 0 Å². The number of rotatable bonds is 5. The fourth-order valence-electron chi connectivity index (χ4n) is 1.73. The highest BCUT2D eigenvalue weighted by Gasteiger charge is 2.29. The summed E-state index contributed by atoms with van der Waals surface area (Å²) in [5.74, 6) is -0.715. The molecule has 0 heterocycles. The highest BCUT2D eigenvalue weighted by atomic mass is 19.4. The second-order valence-electron chi connectivity index (χ2n) is 4.30. The van der Waals surface area contributed by atoms with Gasteiger partial charge in [0.1, 0.15) is 5.69 Å². The van der Waals surface area contributed by atoms with Gasteiger partial charge < -0.3 is 10.2 Å². The minimum Gasteiger partial charge on any atom is -0.382 e. The van der Waals surface area contributed by atoms with Crippen molar-refractivity contribution in [2.45, 2.75) is 12.6 Å². The van der Waals surface area contributed by atoms with Crippen molar-refractivity contribution in [1.29, 1.82) is 0 Å². The number of nitrogens with one attached hydrogen (secondary N) is 1. The lowest BCUT2D eigenvalue weighted by Gasteiger charge is -2.19. The average molecular weight is 305 g/mol. The number of hydrogen-bond acceptors (Lipinski definition) is 4. The van der Waals surface area contributed by atoms with Gasteiger partial charge in [0.05, 0.1) is 16.9 Å². The molecular formula is C12H14F3N3O3. The predicted octanol–water partition coefficient (Wildman–Crippen LogP) is 2.66. The van der Waals surface area contributed by atoms with E-state index in [1.165, 1.54) is 32.3 Å². The molecule has 0 aliphatic heterocycles. The molecule has 0 aliphatic carbocycles. The second kappa shape index (κ2) is 6.42. The van der Waals surface area contributed by atoms with Crippen LogP contribution in [0.25, 0.3) is 0 Å². The summed E-state index contributed by atoms with van der Waals surface area (Å²) in [6.07, 6.45) is -5.51. The molecule has 9 heteroatoms. The van der Waals surface area contributed by atoms with Crippen molar-refractivity contribution in [2.75, 3.05) is 26.0 Å². The van der Waals surface area contributed by atoms with Crippen LogP contribution < -0.4 is 5.32 Å². The normalized spacial score (nSPS) is 11.1. The summed E-state index contributed by atoms with van der Waals surface area (Å²) in [5, 5.41) is 13.4. The van der Waals surface area contributed by atoms with Crippen LogP contribution in [0.5, 0.6) is 0 Å². The summed E-state index contributed by atoms with van der Waals surface area (Å²) >= 11 is 0. The number of anilines is 1. The van der Waals surface area contributed by atoms with Crippen LogP contribution in [0.15, 0.2) is 18.2 Å². The summed E-state index contributed by atoms with van der Waals surface area (Å²) in [4.78, 5) is 23.2. The van der Waals surface area contributed by atoms with Crippen molar-refractivity contribution in [1.82, 2.24) is 4.90 Å². The number of alkyl halides is 3. The number of para-hydroxylation sites is 1. The Hall–Kier alpha value is -2.32. The van der Waals surface area contributed by atoms with E-state index >= 15 is 0 Å². The maximum atomic E-state index is 12.2. The monoisotopic (exact) mass is 305 g/mol. The zero-order valence-corrected chi connectivity index (χ0v) is 11.4. The number of hydrogen-bond donors (Lipinski definition) is 1. The van der Waals surface area contributed by atoms with Crippen molar-refractivity contribution in [3.63, 3.8) is 0 Å². The third-order valence-corrected chi connectivity index (χ3v) is 2.80. The predicted molar refractivity (Wildman–Crippen MR) is 70.3 cm³/mol. The molecule has 1 aromatic carbocycles. The number of benzene rings is 1. The number of halogens is 3. The van der Waals surface area contributed by atoms with Crippen molar-refractivity contribution in [3.05, 3.63) is 33.9 Å². The van der Waals surface area contributed by atoms with E-state index in [2.05, 4.69) is 5.32 Å². The van der Waals surface area contributed by atoms with Crippen LogP contribution in [-0.2, 0) is 0 Å². The Kier molecular flexibility index (Phi) is 5.12. The smallest absolute Gasteiger partial charge is 0.382 e. The van der Waals surface area contributed by atoms with Gasteiger partial charge in [-0.3, -0.25) is 14.9 Å². The Morgan fingerprint density at radius 3 is 2.52 bits per heavy atom. The van der Waals surface area contributed by atoms with Gasteiger partial charge >= 0.3 is 6.18 Å². The fourth-order valence-corrected chi connectivity index (χ4v) is 1.73. The molecule has 0 saturated carbocycles. The van der Waals surface area contributed by atoms with Gasteiger partial charge in [-0.15, -0.1) is 0 Å². The summed E-state index contributed by atoms with van der Waals surface area (Å²) in [6.45, 7) is -0.520. The number of carbonyl (C=O) groups is 1. The molecule has 1 N–H and O–H groups in total. The van der Waals surface area contributed by atoms with Crippen LogP contribution in [0, 0.1) is 10.1 Å². The lowest BCUT2D eigenvalue weighted by Crippen LogP contribution is -2.31. The zero-order chi connectivity index (χ0) is 16.2. The average Bonchev–Trinajstić information content (AvgIpc) is 2.41. The number of nitrogens with zero attached hydrogens (tertiary/aromatic N) is 2. The van der Waals surface area contributed by atoms with Gasteiger partial charge in [-0.25, -0.2) is 0 Å². The van der Waals surface area contributed by atoms with Crippen molar-refractivity contribution in [2.24, 2.45) is 0 Å². The van der Waals surface area contributed by atoms with Gasteiger partial charge in [0.2, 0.25) is 0 Å². The Bertz CT molecular complexity index is 546. The lowest BCUT2D eigenvalue weighted by atomic mass is 10.1. The highest BCUT2D eigenvalue weighted by Crippen LogP contribution is 2.29. The van der Waals surface area contributed by atoms with E-state index in [1.54, 1.807) is 0 Å². The minimum atomic E-state index is -4.37. The minimum absolute atomic E-state index is 0.0219. The van der Waals surface area contributed by atoms with E-state index in [4.69, 9.17) is 0 Å². The molecule has 1 amide bonds. The van der Waals surface area contributed by atoms with Gasteiger partial charge in [-0.2, -0.15) is 13.2 Å². The standard InChI is InChI=1S/C12H14F3N3O3/c1-16-10-8(4-3-5-9(10)18(20)21)11(19)17(2)7-6-12(13,14)15/h3-5,16H,6-7H2,1-2H3. The molecule has 0 saturated heterocycles. The summed E-state index contributed by atoms with van der Waals surface area (Å²) < 4.78 is 36.5. The fraction of sp³-hybridized carbons (Fsp3) is 0.417. The Morgan fingerprint density at radius 2 is 2.05 bits per heavy atom. The largest absolute Gasteiger partial charge is 0.390 e. The molecule has 0 radical (unpaired) electrons. The molecule has 0 bridgehead atoms. The van der Waals surface area contributed by atoms with Gasteiger partial charge in [0.25, 0.3) is 11.6 Å². The Labute approximate surface area is 118 Å². The van der Waals surface area contributed by atoms with Crippen LogP contribution in [0.4, 0.5) is 24.5 Å². The number of amides is 1. The first-order valence-corrected chi connectivity index (χ1v) is 5.94. The van der Waals surface area contributed by atoms with Crippen LogP contribution >= 0.6 is 0 Å². The number of nitro groups is 1. The van der Waals surface area contributed by atoms with Crippen LogP contribution in [0.1, 0.15) is 16.8 Å². The van der Waals surface area contributed by atoms with E-state index in [0.29, 0.717) is 0 Å². The quantitative estimate of drug-likeness (QED) is 0.670. The maximum Gasteiger partial charge on any atom is 0.390 e. The number of carbonyl (C=O) groups excluding carboxylic acids is 1. The van der Waals surface area contributed by atoms with Crippen LogP contribution in [0.2, 0.25) is 0 Å². The molecule has 0 fully saturated rings. The van der Waals surface area contributed by atoms with E-state index in [9.17, 15) is 28.1 Å². The van der Waals surface area contributed by atoms with Crippen LogP contribution in [0.3, 0.4) is 0 Å². The molecule has 0 spiro atoms. The molecule has 0 unspecified atom stereocenters. The topological polar surface area (TPSA) is 75.5 Å². The van der Waals surface area contributed by atoms with E-state index in [0.717, 1.165) is 4.90 Å². The van der Waals surface area contributed by atoms with E-state index < -0.39 is 30.0 Å². The first-order chi connectivity index (χ1) is 9.67. The highest BCUT2D eigenvalue weighted by molar-refractivity contribution is 6.01. The Balaban J connectivity index is 3.02. The summed E-state index contributed by atoms with van der Waals surface area (Å²) in [6, 6.07) is 3.84. The molecule has 0 aliphatic rings. The zero-order valence-electron chi connectivity index (χ0n) is 11.4. The summed E-state index contributed by atoms with van der Waals surface area (Å²) in [5.41, 5.74) is -0.379. The van der Waals surface area contributed by atoms with Crippen molar-refractivity contribution < 1.29 is 22.9 Å². The van der Waals surface area contributed by atoms with Crippen LogP contribution in [-0.4, -0.2) is 42.5 Å². The van der Waals surface area contributed by atoms with E-state index in [-0.39, 0.29) is 16.9 Å². The molecule has 0 aromatic heterocycles. The summed E-state index contributed by atoms with van der Waals surface area (Å²) in [7, 11) is 2.61. The van der Waals surface area contributed by atoms with Gasteiger partial charge in [0, 0.05) is 26.7 Å². The van der Waals surface area contributed by atoms with E-state index in [1.807, 2.05) is 0 Å².